The molecule has 278 valence electrons. The molecule has 10 aromatic carbocycles. The number of thiophene rings is 1. The molecule has 0 bridgehead atoms. The third-order valence-electron chi connectivity index (χ3n) is 12.8. The van der Waals surface area contributed by atoms with E-state index in [2.05, 4.69) is 219 Å². The van der Waals surface area contributed by atoms with Crippen LogP contribution in [-0.4, -0.2) is 0 Å². The summed E-state index contributed by atoms with van der Waals surface area (Å²) in [4.78, 5) is 2.50. The van der Waals surface area contributed by atoms with Crippen molar-refractivity contribution in [3.05, 3.63) is 211 Å². The van der Waals surface area contributed by atoms with Gasteiger partial charge in [-0.25, -0.2) is 0 Å². The standard InChI is InChI=1S/C57H39NS/c1-57(2)51-29-28-43(35-49(51)48-32-39-14-3-4-15-40(39)34-52(48)57)58(42-26-22-36(23-27-42)41-25-31-55-50(33-41)46-19-9-10-21-54(46)59-55)53-30-24-38-13-6-8-18-45(38)56(53)47-20-11-16-37-12-5-7-17-44(37)47/h3-35H,1-2H3. The van der Waals surface area contributed by atoms with E-state index in [1.165, 1.54) is 97.0 Å². The Hall–Kier alpha value is -7.00. The lowest BCUT2D eigenvalue weighted by Gasteiger charge is -2.30. The molecule has 1 aromatic heterocycles. The molecule has 11 aromatic rings. The Balaban J connectivity index is 1.09. The molecule has 0 amide bonds. The molecule has 0 N–H and O–H groups in total. The van der Waals surface area contributed by atoms with E-state index in [9.17, 15) is 0 Å². The molecule has 0 spiro atoms. The van der Waals surface area contributed by atoms with E-state index in [0.717, 1.165) is 17.1 Å². The largest absolute Gasteiger partial charge is 0.310 e. The second-order valence-electron chi connectivity index (χ2n) is 16.5. The van der Waals surface area contributed by atoms with Gasteiger partial charge in [-0.1, -0.05) is 153 Å². The van der Waals surface area contributed by atoms with Crippen molar-refractivity contribution in [3.63, 3.8) is 0 Å². The number of fused-ring (bicyclic) bond motifs is 9. The van der Waals surface area contributed by atoms with Crippen LogP contribution in [0.25, 0.3) is 85.9 Å². The number of benzene rings is 10. The highest BCUT2D eigenvalue weighted by Gasteiger charge is 2.36. The predicted molar refractivity (Wildman–Crippen MR) is 255 cm³/mol. The van der Waals surface area contributed by atoms with Gasteiger partial charge in [0, 0.05) is 42.5 Å². The molecule has 1 aliphatic carbocycles. The lowest BCUT2D eigenvalue weighted by Crippen LogP contribution is -2.15. The Morgan fingerprint density at radius 1 is 0.373 bits per heavy atom. The van der Waals surface area contributed by atoms with Gasteiger partial charge in [0.05, 0.1) is 5.69 Å². The Morgan fingerprint density at radius 3 is 1.80 bits per heavy atom. The van der Waals surface area contributed by atoms with Crippen molar-refractivity contribution >= 4 is 80.9 Å². The maximum atomic E-state index is 2.50. The quantitative estimate of drug-likeness (QED) is 0.169. The van der Waals surface area contributed by atoms with Crippen LogP contribution in [0.4, 0.5) is 17.1 Å². The minimum absolute atomic E-state index is 0.119. The van der Waals surface area contributed by atoms with Gasteiger partial charge in [-0.2, -0.15) is 0 Å². The molecule has 0 saturated carbocycles. The van der Waals surface area contributed by atoms with Crippen LogP contribution in [0, 0.1) is 0 Å². The molecule has 1 aliphatic rings. The highest BCUT2D eigenvalue weighted by molar-refractivity contribution is 7.25. The van der Waals surface area contributed by atoms with Crippen molar-refractivity contribution in [3.8, 4) is 33.4 Å². The van der Waals surface area contributed by atoms with Gasteiger partial charge >= 0.3 is 0 Å². The molecule has 0 radical (unpaired) electrons. The Morgan fingerprint density at radius 2 is 0.983 bits per heavy atom. The van der Waals surface area contributed by atoms with E-state index in [1.54, 1.807) is 0 Å². The summed E-state index contributed by atoms with van der Waals surface area (Å²) in [5, 5.41) is 10.1. The molecule has 0 fully saturated rings. The maximum absolute atomic E-state index is 2.50. The van der Waals surface area contributed by atoms with Gasteiger partial charge in [-0.15, -0.1) is 11.3 Å². The summed E-state index contributed by atoms with van der Waals surface area (Å²) in [7, 11) is 0. The minimum Gasteiger partial charge on any atom is -0.310 e. The van der Waals surface area contributed by atoms with Crippen molar-refractivity contribution in [2.24, 2.45) is 0 Å². The Labute approximate surface area is 348 Å². The number of nitrogens with zero attached hydrogens (tertiary/aromatic N) is 1. The minimum atomic E-state index is -0.119. The summed E-state index contributed by atoms with van der Waals surface area (Å²) >= 11 is 1.87. The topological polar surface area (TPSA) is 3.24 Å². The van der Waals surface area contributed by atoms with Gasteiger partial charge < -0.3 is 4.90 Å². The second-order valence-corrected chi connectivity index (χ2v) is 17.6. The van der Waals surface area contributed by atoms with Gasteiger partial charge in [0.15, 0.2) is 0 Å². The van der Waals surface area contributed by atoms with E-state index >= 15 is 0 Å². The van der Waals surface area contributed by atoms with Crippen LogP contribution in [0.5, 0.6) is 0 Å². The van der Waals surface area contributed by atoms with Crippen LogP contribution >= 0.6 is 11.3 Å². The number of hydrogen-bond donors (Lipinski definition) is 0. The lowest BCUT2D eigenvalue weighted by molar-refractivity contribution is 0.661. The molecule has 0 atom stereocenters. The lowest BCUT2D eigenvalue weighted by atomic mass is 9.82. The molecular weight excluding hydrogens is 731 g/mol. The van der Waals surface area contributed by atoms with Crippen LogP contribution in [0.3, 0.4) is 0 Å². The maximum Gasteiger partial charge on any atom is 0.0546 e. The number of hydrogen-bond acceptors (Lipinski definition) is 2. The second kappa shape index (κ2) is 13.0. The summed E-state index contributed by atoms with van der Waals surface area (Å²) in [5.41, 5.74) is 13.5. The zero-order valence-electron chi connectivity index (χ0n) is 32.9. The molecule has 12 rings (SSSR count). The first-order chi connectivity index (χ1) is 29.0. The van der Waals surface area contributed by atoms with Crippen LogP contribution in [0.1, 0.15) is 25.0 Å². The summed E-state index contributed by atoms with van der Waals surface area (Å²) < 4.78 is 2.65. The average Bonchev–Trinajstić information content (AvgIpc) is 3.76. The third-order valence-corrected chi connectivity index (χ3v) is 14.0. The monoisotopic (exact) mass is 769 g/mol. The molecule has 0 aliphatic heterocycles. The normalized spacial score (nSPS) is 13.1. The highest BCUT2D eigenvalue weighted by atomic mass is 32.1. The smallest absolute Gasteiger partial charge is 0.0546 e. The highest BCUT2D eigenvalue weighted by Crippen LogP contribution is 2.53. The zero-order chi connectivity index (χ0) is 39.2. The van der Waals surface area contributed by atoms with E-state index in [0.29, 0.717) is 0 Å². The van der Waals surface area contributed by atoms with Crippen molar-refractivity contribution in [2.45, 2.75) is 19.3 Å². The van der Waals surface area contributed by atoms with E-state index in [1.807, 2.05) is 11.3 Å². The van der Waals surface area contributed by atoms with Crippen molar-refractivity contribution in [2.75, 3.05) is 4.90 Å². The van der Waals surface area contributed by atoms with Crippen molar-refractivity contribution in [1.82, 2.24) is 0 Å². The van der Waals surface area contributed by atoms with Gasteiger partial charge in [-0.05, 0) is 132 Å². The summed E-state index contributed by atoms with van der Waals surface area (Å²) in [5.74, 6) is 0. The number of anilines is 3. The average molecular weight is 770 g/mol. The van der Waals surface area contributed by atoms with E-state index in [-0.39, 0.29) is 5.41 Å². The number of rotatable bonds is 5. The van der Waals surface area contributed by atoms with E-state index < -0.39 is 0 Å². The molecule has 0 unspecified atom stereocenters. The molecule has 0 saturated heterocycles. The zero-order valence-corrected chi connectivity index (χ0v) is 33.7. The molecule has 2 heteroatoms. The van der Waals surface area contributed by atoms with Gasteiger partial charge in [0.1, 0.15) is 0 Å². The fraction of sp³-hybridized carbons (Fsp3) is 0.0526. The summed E-state index contributed by atoms with van der Waals surface area (Å²) in [6.07, 6.45) is 0. The van der Waals surface area contributed by atoms with Crippen LogP contribution < -0.4 is 4.90 Å². The first-order valence-corrected chi connectivity index (χ1v) is 21.3. The fourth-order valence-corrected chi connectivity index (χ4v) is 11.0. The summed E-state index contributed by atoms with van der Waals surface area (Å²) in [6.45, 7) is 4.75. The third kappa shape index (κ3) is 5.30. The predicted octanol–water partition coefficient (Wildman–Crippen LogP) is 16.6. The van der Waals surface area contributed by atoms with Crippen molar-refractivity contribution in [1.29, 1.82) is 0 Å². The van der Waals surface area contributed by atoms with Gasteiger partial charge in [-0.3, -0.25) is 0 Å². The fourth-order valence-electron chi connectivity index (χ4n) is 9.87. The Kier molecular flexibility index (Phi) is 7.51. The van der Waals surface area contributed by atoms with Gasteiger partial charge in [0.2, 0.25) is 0 Å². The Bertz CT molecular complexity index is 3470. The SMILES string of the molecule is CC1(C)c2ccc(N(c3ccc(-c4ccc5sc6ccccc6c5c4)cc3)c3ccc4ccccc4c3-c3cccc4ccccc34)cc2-c2cc3ccccc3cc21. The molecule has 59 heavy (non-hydrogen) atoms. The first-order valence-electron chi connectivity index (χ1n) is 20.5. The van der Waals surface area contributed by atoms with Crippen molar-refractivity contribution < 1.29 is 0 Å². The van der Waals surface area contributed by atoms with Crippen LogP contribution in [-0.2, 0) is 5.41 Å². The van der Waals surface area contributed by atoms with Crippen LogP contribution in [0.2, 0.25) is 0 Å². The molecule has 1 heterocycles. The van der Waals surface area contributed by atoms with E-state index in [4.69, 9.17) is 0 Å². The molecular formula is C57H39NS. The molecule has 1 nitrogen and oxygen atoms in total. The van der Waals surface area contributed by atoms with Crippen LogP contribution in [0.15, 0.2) is 200 Å². The first kappa shape index (κ1) is 34.1. The summed E-state index contributed by atoms with van der Waals surface area (Å²) in [6, 6.07) is 74.6. The van der Waals surface area contributed by atoms with Gasteiger partial charge in [0.25, 0.3) is 0 Å².